The van der Waals surface area contributed by atoms with Gasteiger partial charge in [0, 0.05) is 39.3 Å². The van der Waals surface area contributed by atoms with Crippen molar-refractivity contribution in [1.82, 2.24) is 15.5 Å². The number of nitrogens with one attached hydrogen (secondary N) is 2. The molecule has 0 bridgehead atoms. The van der Waals surface area contributed by atoms with E-state index in [1.165, 1.54) is 4.90 Å². The molecule has 0 aromatic heterocycles. The highest BCUT2D eigenvalue weighted by atomic mass is 16.2. The third kappa shape index (κ3) is 6.16. The SMILES string of the molecule is CC(CC(=O)NCCNC(=O)N(C)C)c1ccc(N)cc1. The standard InChI is InChI=1S/C15H24N4O2/c1-11(12-4-6-13(16)7-5-12)10-14(20)17-8-9-18-15(21)19(2)3/h4-7,11H,8-10,16H2,1-3H3,(H,17,20)(H,18,21). The second-order valence-corrected chi connectivity index (χ2v) is 5.25. The van der Waals surface area contributed by atoms with Crippen molar-refractivity contribution < 1.29 is 9.59 Å². The average Bonchev–Trinajstić information content (AvgIpc) is 2.43. The molecule has 0 fully saturated rings. The Morgan fingerprint density at radius 2 is 1.71 bits per heavy atom. The molecular weight excluding hydrogens is 268 g/mol. The first-order valence-corrected chi connectivity index (χ1v) is 6.97. The minimum absolute atomic E-state index is 0.0292. The molecule has 1 rings (SSSR count). The molecular formula is C15H24N4O2. The molecule has 0 saturated heterocycles. The van der Waals surface area contributed by atoms with Crippen molar-refractivity contribution in [3.8, 4) is 0 Å². The highest BCUT2D eigenvalue weighted by Gasteiger charge is 2.11. The molecule has 0 aliphatic carbocycles. The lowest BCUT2D eigenvalue weighted by Gasteiger charge is -2.14. The van der Waals surface area contributed by atoms with Crippen molar-refractivity contribution in [2.75, 3.05) is 32.9 Å². The van der Waals surface area contributed by atoms with Gasteiger partial charge in [0.05, 0.1) is 0 Å². The van der Waals surface area contributed by atoms with Gasteiger partial charge in [-0.2, -0.15) is 0 Å². The van der Waals surface area contributed by atoms with Gasteiger partial charge >= 0.3 is 6.03 Å². The largest absolute Gasteiger partial charge is 0.399 e. The summed E-state index contributed by atoms with van der Waals surface area (Å²) in [6.45, 7) is 2.84. The lowest BCUT2D eigenvalue weighted by Crippen LogP contribution is -2.39. The van der Waals surface area contributed by atoms with Crippen LogP contribution in [0.15, 0.2) is 24.3 Å². The zero-order valence-electron chi connectivity index (χ0n) is 12.8. The lowest BCUT2D eigenvalue weighted by molar-refractivity contribution is -0.121. The van der Waals surface area contributed by atoms with E-state index in [1.807, 2.05) is 31.2 Å². The number of urea groups is 1. The van der Waals surface area contributed by atoms with Crippen LogP contribution in [-0.4, -0.2) is 44.0 Å². The Balaban J connectivity index is 2.27. The first-order chi connectivity index (χ1) is 9.90. The zero-order valence-corrected chi connectivity index (χ0v) is 12.8. The van der Waals surface area contributed by atoms with Gasteiger partial charge in [-0.05, 0) is 23.6 Å². The normalized spacial score (nSPS) is 11.6. The van der Waals surface area contributed by atoms with E-state index in [0.717, 1.165) is 5.56 Å². The summed E-state index contributed by atoms with van der Waals surface area (Å²) in [4.78, 5) is 24.5. The molecule has 0 aliphatic heterocycles. The number of carbonyl (C=O) groups excluding carboxylic acids is 2. The van der Waals surface area contributed by atoms with Gasteiger partial charge in [-0.25, -0.2) is 4.79 Å². The fraction of sp³-hybridized carbons (Fsp3) is 0.467. The minimum atomic E-state index is -0.167. The number of carbonyl (C=O) groups is 2. The maximum Gasteiger partial charge on any atom is 0.316 e. The Hall–Kier alpha value is -2.24. The quantitative estimate of drug-likeness (QED) is 0.543. The Morgan fingerprint density at radius 3 is 2.29 bits per heavy atom. The van der Waals surface area contributed by atoms with E-state index < -0.39 is 0 Å². The Morgan fingerprint density at radius 1 is 1.14 bits per heavy atom. The number of hydrogen-bond donors (Lipinski definition) is 3. The highest BCUT2D eigenvalue weighted by molar-refractivity contribution is 5.77. The monoisotopic (exact) mass is 292 g/mol. The fourth-order valence-electron chi connectivity index (χ4n) is 1.82. The maximum atomic E-state index is 11.8. The molecule has 0 aliphatic rings. The van der Waals surface area contributed by atoms with Gasteiger partial charge in [0.15, 0.2) is 0 Å². The number of nitrogen functional groups attached to an aromatic ring is 1. The number of anilines is 1. The number of nitrogens with two attached hydrogens (primary N) is 1. The van der Waals surface area contributed by atoms with Crippen LogP contribution in [-0.2, 0) is 4.79 Å². The molecule has 6 nitrogen and oxygen atoms in total. The maximum absolute atomic E-state index is 11.8. The second kappa shape index (κ2) is 8.14. The molecule has 3 amide bonds. The van der Waals surface area contributed by atoms with E-state index >= 15 is 0 Å². The number of nitrogens with zero attached hydrogens (tertiary/aromatic N) is 1. The molecule has 0 saturated carbocycles. The molecule has 1 aromatic carbocycles. The topological polar surface area (TPSA) is 87.5 Å². The minimum Gasteiger partial charge on any atom is -0.399 e. The molecule has 6 heteroatoms. The predicted molar refractivity (Wildman–Crippen MR) is 84.0 cm³/mol. The number of rotatable bonds is 6. The summed E-state index contributed by atoms with van der Waals surface area (Å²) in [7, 11) is 3.34. The van der Waals surface area contributed by atoms with Gasteiger partial charge in [0.2, 0.25) is 5.91 Å². The van der Waals surface area contributed by atoms with E-state index in [9.17, 15) is 9.59 Å². The van der Waals surface area contributed by atoms with Crippen LogP contribution in [0.25, 0.3) is 0 Å². The Bertz CT molecular complexity index is 471. The van der Waals surface area contributed by atoms with Crippen molar-refractivity contribution in [2.24, 2.45) is 0 Å². The van der Waals surface area contributed by atoms with Crippen LogP contribution in [0.1, 0.15) is 24.8 Å². The highest BCUT2D eigenvalue weighted by Crippen LogP contribution is 2.19. The van der Waals surface area contributed by atoms with Crippen molar-refractivity contribution in [1.29, 1.82) is 0 Å². The van der Waals surface area contributed by atoms with E-state index in [4.69, 9.17) is 5.73 Å². The first kappa shape index (κ1) is 16.8. The van der Waals surface area contributed by atoms with Crippen LogP contribution in [0.4, 0.5) is 10.5 Å². The molecule has 1 aromatic rings. The average molecular weight is 292 g/mol. The van der Waals surface area contributed by atoms with Crippen molar-refractivity contribution in [2.45, 2.75) is 19.3 Å². The van der Waals surface area contributed by atoms with Crippen molar-refractivity contribution >= 4 is 17.6 Å². The van der Waals surface area contributed by atoms with E-state index in [2.05, 4.69) is 10.6 Å². The van der Waals surface area contributed by atoms with Gasteiger partial charge in [0.25, 0.3) is 0 Å². The Kier molecular flexibility index (Phi) is 6.52. The third-order valence-electron chi connectivity index (χ3n) is 3.13. The van der Waals surface area contributed by atoms with Crippen LogP contribution in [0.5, 0.6) is 0 Å². The summed E-state index contributed by atoms with van der Waals surface area (Å²) < 4.78 is 0. The molecule has 0 radical (unpaired) electrons. The van der Waals surface area contributed by atoms with Crippen molar-refractivity contribution in [3.05, 3.63) is 29.8 Å². The molecule has 1 unspecified atom stereocenters. The van der Waals surface area contributed by atoms with Gasteiger partial charge in [-0.15, -0.1) is 0 Å². The zero-order chi connectivity index (χ0) is 15.8. The van der Waals surface area contributed by atoms with Gasteiger partial charge < -0.3 is 21.3 Å². The van der Waals surface area contributed by atoms with Crippen LogP contribution in [0.2, 0.25) is 0 Å². The molecule has 1 atom stereocenters. The summed E-state index contributed by atoms with van der Waals surface area (Å²) in [5, 5.41) is 5.48. The Labute approximate surface area is 125 Å². The van der Waals surface area contributed by atoms with Crippen LogP contribution < -0.4 is 16.4 Å². The summed E-state index contributed by atoms with van der Waals surface area (Å²) in [6.07, 6.45) is 0.408. The number of benzene rings is 1. The molecule has 116 valence electrons. The van der Waals surface area contributed by atoms with E-state index in [1.54, 1.807) is 14.1 Å². The van der Waals surface area contributed by atoms with E-state index in [0.29, 0.717) is 25.2 Å². The summed E-state index contributed by atoms with van der Waals surface area (Å²) in [5.41, 5.74) is 7.44. The van der Waals surface area contributed by atoms with Gasteiger partial charge in [-0.1, -0.05) is 19.1 Å². The summed E-state index contributed by atoms with van der Waals surface area (Å²) in [6, 6.07) is 7.37. The fourth-order valence-corrected chi connectivity index (χ4v) is 1.82. The third-order valence-corrected chi connectivity index (χ3v) is 3.13. The first-order valence-electron chi connectivity index (χ1n) is 6.97. The number of hydrogen-bond acceptors (Lipinski definition) is 3. The van der Waals surface area contributed by atoms with Crippen molar-refractivity contribution in [3.63, 3.8) is 0 Å². The second-order valence-electron chi connectivity index (χ2n) is 5.25. The lowest BCUT2D eigenvalue weighted by atomic mass is 9.97. The molecule has 0 heterocycles. The summed E-state index contributed by atoms with van der Waals surface area (Å²) in [5.74, 6) is 0.0976. The van der Waals surface area contributed by atoms with Crippen LogP contribution in [0, 0.1) is 0 Å². The van der Waals surface area contributed by atoms with Crippen LogP contribution >= 0.6 is 0 Å². The van der Waals surface area contributed by atoms with Gasteiger partial charge in [-0.3, -0.25) is 4.79 Å². The molecule has 21 heavy (non-hydrogen) atoms. The van der Waals surface area contributed by atoms with E-state index in [-0.39, 0.29) is 17.9 Å². The van der Waals surface area contributed by atoms with Gasteiger partial charge in [0.1, 0.15) is 0 Å². The predicted octanol–water partition coefficient (Wildman–Crippen LogP) is 1.15. The summed E-state index contributed by atoms with van der Waals surface area (Å²) >= 11 is 0. The molecule has 4 N–H and O–H groups in total. The number of amides is 3. The smallest absolute Gasteiger partial charge is 0.316 e. The van der Waals surface area contributed by atoms with Crippen LogP contribution in [0.3, 0.4) is 0 Å². The molecule has 0 spiro atoms.